The number of likely N-dealkylation sites (tertiary alicyclic amines) is 1. The van der Waals surface area contributed by atoms with Gasteiger partial charge >= 0.3 is 0 Å². The first-order valence-electron chi connectivity index (χ1n) is 11.7. The highest BCUT2D eigenvalue weighted by Crippen LogP contribution is 2.36. The molecular formula is C27H29ClN2O2. The van der Waals surface area contributed by atoms with Crippen LogP contribution in [0.3, 0.4) is 0 Å². The lowest BCUT2D eigenvalue weighted by Gasteiger charge is -2.36. The quantitative estimate of drug-likeness (QED) is 0.486. The molecule has 0 bridgehead atoms. The normalized spacial score (nSPS) is 20.6. The van der Waals surface area contributed by atoms with Gasteiger partial charge in [-0.2, -0.15) is 0 Å². The molecule has 166 valence electrons. The molecule has 2 aliphatic heterocycles. The Morgan fingerprint density at radius 1 is 1.09 bits per heavy atom. The summed E-state index contributed by atoms with van der Waals surface area (Å²) in [5.74, 6) is 1.23. The molecule has 2 atom stereocenters. The van der Waals surface area contributed by atoms with Gasteiger partial charge < -0.3 is 9.64 Å². The Morgan fingerprint density at radius 3 is 2.56 bits per heavy atom. The Kier molecular flexibility index (Phi) is 6.16. The van der Waals surface area contributed by atoms with E-state index >= 15 is 0 Å². The standard InChI is InChI=1S/C27H29ClN2O2/c1-18(20-12-14-30(15-13-20)27(31)25-7-4-16-32-25)19-8-10-21(11-9-19)23-17-29-24-6-3-2-5-22(24)26(23)28/h2-3,5-6,8-11,17-18,20,25H,4,7,12-16H2,1H3/t18?,25-/m1/s1. The van der Waals surface area contributed by atoms with Gasteiger partial charge in [0.25, 0.3) is 5.91 Å². The predicted molar refractivity (Wildman–Crippen MR) is 129 cm³/mol. The molecule has 3 heterocycles. The van der Waals surface area contributed by atoms with E-state index in [1.54, 1.807) is 0 Å². The average molecular weight is 449 g/mol. The van der Waals surface area contributed by atoms with Gasteiger partial charge in [0.2, 0.25) is 0 Å². The third-order valence-corrected chi connectivity index (χ3v) is 7.63. The van der Waals surface area contributed by atoms with Gasteiger partial charge in [-0.15, -0.1) is 0 Å². The number of hydrogen-bond acceptors (Lipinski definition) is 3. The molecule has 4 nitrogen and oxygen atoms in total. The van der Waals surface area contributed by atoms with E-state index in [1.807, 2.05) is 35.4 Å². The van der Waals surface area contributed by atoms with Crippen LogP contribution in [-0.4, -0.2) is 41.6 Å². The van der Waals surface area contributed by atoms with Crippen molar-refractivity contribution in [3.8, 4) is 11.1 Å². The highest BCUT2D eigenvalue weighted by atomic mass is 35.5. The molecule has 3 aromatic rings. The van der Waals surface area contributed by atoms with Crippen LogP contribution in [0, 0.1) is 5.92 Å². The molecule has 2 aromatic carbocycles. The fraction of sp³-hybridized carbons (Fsp3) is 0.407. The number of aromatic nitrogens is 1. The summed E-state index contributed by atoms with van der Waals surface area (Å²) in [4.78, 5) is 19.2. The van der Waals surface area contributed by atoms with Crippen LogP contribution in [0.2, 0.25) is 5.02 Å². The van der Waals surface area contributed by atoms with E-state index in [2.05, 4.69) is 36.2 Å². The minimum atomic E-state index is -0.201. The molecule has 1 aromatic heterocycles. The number of para-hydroxylation sites is 1. The molecular weight excluding hydrogens is 420 g/mol. The second-order valence-corrected chi connectivity index (χ2v) is 9.46. The zero-order valence-corrected chi connectivity index (χ0v) is 19.2. The molecule has 0 aliphatic carbocycles. The van der Waals surface area contributed by atoms with Gasteiger partial charge in [0, 0.05) is 36.8 Å². The Hall–Kier alpha value is -2.43. The maximum Gasteiger partial charge on any atom is 0.251 e. The number of pyridine rings is 1. The summed E-state index contributed by atoms with van der Waals surface area (Å²) in [5, 5.41) is 1.73. The zero-order valence-electron chi connectivity index (χ0n) is 18.5. The molecule has 2 saturated heterocycles. The highest BCUT2D eigenvalue weighted by molar-refractivity contribution is 6.38. The number of nitrogens with zero attached hydrogens (tertiary/aromatic N) is 2. The maximum atomic E-state index is 12.6. The fourth-order valence-electron chi connectivity index (χ4n) is 5.14. The third-order valence-electron chi connectivity index (χ3n) is 7.22. The lowest BCUT2D eigenvalue weighted by atomic mass is 9.81. The smallest absolute Gasteiger partial charge is 0.251 e. The van der Waals surface area contributed by atoms with Crippen molar-refractivity contribution in [2.75, 3.05) is 19.7 Å². The third kappa shape index (κ3) is 4.14. The van der Waals surface area contributed by atoms with E-state index in [1.165, 1.54) is 5.56 Å². The first kappa shape index (κ1) is 21.4. The van der Waals surface area contributed by atoms with Crippen molar-refractivity contribution in [2.45, 2.75) is 44.6 Å². The number of piperidine rings is 1. The number of fused-ring (bicyclic) bond motifs is 1. The van der Waals surface area contributed by atoms with Crippen molar-refractivity contribution in [1.82, 2.24) is 9.88 Å². The topological polar surface area (TPSA) is 42.4 Å². The number of halogens is 1. The second kappa shape index (κ2) is 9.21. The average Bonchev–Trinajstić information content (AvgIpc) is 3.39. The summed E-state index contributed by atoms with van der Waals surface area (Å²) in [6.45, 7) is 4.70. The fourth-order valence-corrected chi connectivity index (χ4v) is 5.46. The molecule has 0 radical (unpaired) electrons. The van der Waals surface area contributed by atoms with Gasteiger partial charge in [-0.1, -0.05) is 61.0 Å². The number of ether oxygens (including phenoxy) is 1. The van der Waals surface area contributed by atoms with Crippen molar-refractivity contribution in [3.05, 3.63) is 65.3 Å². The van der Waals surface area contributed by atoms with Crippen LogP contribution in [0.5, 0.6) is 0 Å². The number of carbonyl (C=O) groups excluding carboxylic acids is 1. The number of benzene rings is 2. The van der Waals surface area contributed by atoms with E-state index in [0.717, 1.165) is 72.4 Å². The van der Waals surface area contributed by atoms with Crippen LogP contribution in [0.15, 0.2) is 54.7 Å². The minimum absolute atomic E-state index is 0.193. The first-order chi connectivity index (χ1) is 15.6. The minimum Gasteiger partial charge on any atom is -0.368 e. The van der Waals surface area contributed by atoms with Gasteiger partial charge in [0.15, 0.2) is 0 Å². The summed E-state index contributed by atoms with van der Waals surface area (Å²) in [6, 6.07) is 16.7. The monoisotopic (exact) mass is 448 g/mol. The predicted octanol–water partition coefficient (Wildman–Crippen LogP) is 6.08. The summed E-state index contributed by atoms with van der Waals surface area (Å²) >= 11 is 6.71. The molecule has 2 fully saturated rings. The van der Waals surface area contributed by atoms with E-state index in [4.69, 9.17) is 16.3 Å². The molecule has 5 rings (SSSR count). The number of rotatable bonds is 4. The Labute approximate surface area is 194 Å². The molecule has 0 saturated carbocycles. The molecule has 1 amide bonds. The zero-order chi connectivity index (χ0) is 22.1. The van der Waals surface area contributed by atoms with Crippen LogP contribution in [0.25, 0.3) is 22.0 Å². The van der Waals surface area contributed by atoms with E-state index in [0.29, 0.717) is 11.8 Å². The van der Waals surface area contributed by atoms with Crippen LogP contribution >= 0.6 is 11.6 Å². The maximum absolute atomic E-state index is 12.6. The molecule has 2 aliphatic rings. The van der Waals surface area contributed by atoms with Crippen LogP contribution in [0.4, 0.5) is 0 Å². The van der Waals surface area contributed by atoms with Gasteiger partial charge in [0.1, 0.15) is 6.10 Å². The van der Waals surface area contributed by atoms with Crippen molar-refractivity contribution in [3.63, 3.8) is 0 Å². The van der Waals surface area contributed by atoms with Crippen molar-refractivity contribution < 1.29 is 9.53 Å². The van der Waals surface area contributed by atoms with Crippen molar-refractivity contribution in [2.24, 2.45) is 5.92 Å². The highest BCUT2D eigenvalue weighted by Gasteiger charge is 2.32. The second-order valence-electron chi connectivity index (χ2n) is 9.08. The van der Waals surface area contributed by atoms with Crippen molar-refractivity contribution >= 4 is 28.4 Å². The number of hydrogen-bond donors (Lipinski definition) is 0. The number of carbonyl (C=O) groups is 1. The number of amides is 1. The lowest BCUT2D eigenvalue weighted by molar-refractivity contribution is -0.142. The molecule has 0 N–H and O–H groups in total. The summed E-state index contributed by atoms with van der Waals surface area (Å²) in [6.07, 6.45) is 5.62. The van der Waals surface area contributed by atoms with Gasteiger partial charge in [-0.3, -0.25) is 9.78 Å². The molecule has 5 heteroatoms. The van der Waals surface area contributed by atoms with Gasteiger partial charge in [0.05, 0.1) is 10.5 Å². The molecule has 1 unspecified atom stereocenters. The lowest BCUT2D eigenvalue weighted by Crippen LogP contribution is -2.44. The summed E-state index contributed by atoms with van der Waals surface area (Å²) < 4.78 is 5.59. The van der Waals surface area contributed by atoms with Crippen molar-refractivity contribution in [1.29, 1.82) is 0 Å². The van der Waals surface area contributed by atoms with E-state index < -0.39 is 0 Å². The van der Waals surface area contributed by atoms with Crippen LogP contribution in [-0.2, 0) is 9.53 Å². The SMILES string of the molecule is CC(c1ccc(-c2cnc3ccccc3c2Cl)cc1)C1CCN(C(=O)[C@H]2CCCO2)CC1. The van der Waals surface area contributed by atoms with Crippen LogP contribution in [0.1, 0.15) is 44.1 Å². The van der Waals surface area contributed by atoms with E-state index in [-0.39, 0.29) is 12.0 Å². The molecule has 32 heavy (non-hydrogen) atoms. The largest absolute Gasteiger partial charge is 0.368 e. The Morgan fingerprint density at radius 2 is 1.84 bits per heavy atom. The van der Waals surface area contributed by atoms with Gasteiger partial charge in [-0.05, 0) is 54.7 Å². The van der Waals surface area contributed by atoms with Crippen LogP contribution < -0.4 is 0 Å². The summed E-state index contributed by atoms with van der Waals surface area (Å²) in [5.41, 5.74) is 4.30. The first-order valence-corrected chi connectivity index (χ1v) is 12.0. The summed E-state index contributed by atoms with van der Waals surface area (Å²) in [7, 11) is 0. The Bertz CT molecular complexity index is 1100. The Balaban J connectivity index is 1.25. The van der Waals surface area contributed by atoms with E-state index in [9.17, 15) is 4.79 Å². The molecule has 0 spiro atoms. The van der Waals surface area contributed by atoms with Gasteiger partial charge in [-0.25, -0.2) is 0 Å².